The Morgan fingerprint density at radius 1 is 1.14 bits per heavy atom. The predicted octanol–water partition coefficient (Wildman–Crippen LogP) is 6.17. The maximum atomic E-state index is 13.7. The maximum absolute atomic E-state index is 13.7. The molecule has 1 saturated heterocycles. The molecule has 3 aromatic heterocycles. The van der Waals surface area contributed by atoms with E-state index in [1.54, 1.807) is 0 Å². The minimum Gasteiger partial charge on any atom is -0.393 e. The van der Waals surface area contributed by atoms with Crippen LogP contribution < -0.4 is 5.32 Å². The van der Waals surface area contributed by atoms with E-state index in [4.69, 9.17) is 9.97 Å². The zero-order valence-electron chi connectivity index (χ0n) is 26.0. The number of pyridine rings is 1. The van der Waals surface area contributed by atoms with Gasteiger partial charge < -0.3 is 15.3 Å². The summed E-state index contributed by atoms with van der Waals surface area (Å²) in [5, 5.41) is 21.2. The number of H-pyrrole nitrogens is 1. The number of hydrogen-bond donors (Lipinski definition) is 3. The minimum absolute atomic E-state index is 0.154. The number of piperidine rings is 1. The number of aryl methyl sites for hydroxylation is 3. The number of aliphatic hydroxyl groups is 1. The van der Waals surface area contributed by atoms with Crippen LogP contribution in [0.25, 0.3) is 21.5 Å². The van der Waals surface area contributed by atoms with Gasteiger partial charge in [0.2, 0.25) is 0 Å². The molecule has 4 aromatic rings. The fourth-order valence-electron chi connectivity index (χ4n) is 6.70. The summed E-state index contributed by atoms with van der Waals surface area (Å²) in [6, 6.07) is 10.5. The number of fused-ring (bicyclic) bond motifs is 2. The van der Waals surface area contributed by atoms with Gasteiger partial charge in [-0.1, -0.05) is 56.4 Å². The number of aromatic amines is 1. The zero-order valence-corrected chi connectivity index (χ0v) is 26.9. The standard InChI is InChI=1S/C34H44N6O2S/c1-20-30(21(2)39-38-20)23-8-6-22(7-9-23)28(14-17-40-15-12-26(41)13-16-40)35-31(42)33-37-29-19-24-18-25(34(3,4)5)10-11-27(24)36-32(29)43-33/h6-9,19,25-26,28,41H,10-18H2,1-5H3,(H,35,42)(H,38,39)/t25-,28?/m0/s1. The van der Waals surface area contributed by atoms with Gasteiger partial charge in [0.1, 0.15) is 10.3 Å². The summed E-state index contributed by atoms with van der Waals surface area (Å²) in [6.07, 6.45) is 5.32. The number of aliphatic hydroxyl groups excluding tert-OH is 1. The van der Waals surface area contributed by atoms with Crippen LogP contribution in [0.4, 0.5) is 0 Å². The quantitative estimate of drug-likeness (QED) is 0.234. The Labute approximate surface area is 258 Å². The lowest BCUT2D eigenvalue weighted by molar-refractivity contribution is 0.0795. The smallest absolute Gasteiger partial charge is 0.280 e. The number of nitrogens with one attached hydrogen (secondary N) is 2. The van der Waals surface area contributed by atoms with E-state index in [9.17, 15) is 9.90 Å². The minimum atomic E-state index is -0.202. The molecule has 0 radical (unpaired) electrons. The van der Waals surface area contributed by atoms with E-state index in [1.807, 2.05) is 13.8 Å². The fraction of sp³-hybridized carbons (Fsp3) is 0.529. The van der Waals surface area contributed by atoms with Crippen molar-refractivity contribution in [1.82, 2.24) is 30.4 Å². The van der Waals surface area contributed by atoms with Gasteiger partial charge in [-0.3, -0.25) is 9.89 Å². The lowest BCUT2D eigenvalue weighted by Crippen LogP contribution is -2.38. The van der Waals surface area contributed by atoms with Gasteiger partial charge in [0.25, 0.3) is 5.91 Å². The van der Waals surface area contributed by atoms with E-state index in [2.05, 4.69) is 71.5 Å². The maximum Gasteiger partial charge on any atom is 0.280 e. The lowest BCUT2D eigenvalue weighted by atomic mass is 9.71. The third-order valence-corrected chi connectivity index (χ3v) is 10.5. The van der Waals surface area contributed by atoms with E-state index in [-0.39, 0.29) is 23.5 Å². The molecule has 0 bridgehead atoms. The molecule has 2 atom stereocenters. The average Bonchev–Trinajstić information content (AvgIpc) is 3.55. The Hall–Kier alpha value is -3.14. The van der Waals surface area contributed by atoms with Gasteiger partial charge in [0, 0.05) is 36.6 Å². The largest absolute Gasteiger partial charge is 0.393 e. The molecule has 1 aromatic carbocycles. The first-order valence-electron chi connectivity index (χ1n) is 15.7. The topological polar surface area (TPSA) is 107 Å². The van der Waals surface area contributed by atoms with E-state index in [0.717, 1.165) is 102 Å². The van der Waals surface area contributed by atoms with Crippen LogP contribution in [0, 0.1) is 25.2 Å². The van der Waals surface area contributed by atoms with Gasteiger partial charge in [0.15, 0.2) is 5.01 Å². The van der Waals surface area contributed by atoms with Crippen LogP contribution in [0.15, 0.2) is 30.3 Å². The molecule has 1 aliphatic carbocycles. The van der Waals surface area contributed by atoms with Crippen molar-refractivity contribution in [2.75, 3.05) is 19.6 Å². The zero-order chi connectivity index (χ0) is 30.3. The Balaban J connectivity index is 1.22. The van der Waals surface area contributed by atoms with Crippen LogP contribution in [-0.2, 0) is 12.8 Å². The van der Waals surface area contributed by atoms with Gasteiger partial charge in [-0.15, -0.1) is 0 Å². The second kappa shape index (κ2) is 12.1. The van der Waals surface area contributed by atoms with E-state index < -0.39 is 0 Å². The van der Waals surface area contributed by atoms with E-state index >= 15 is 0 Å². The van der Waals surface area contributed by atoms with Crippen LogP contribution in [0.3, 0.4) is 0 Å². The molecule has 9 heteroatoms. The number of aromatic nitrogens is 4. The monoisotopic (exact) mass is 600 g/mol. The third kappa shape index (κ3) is 6.54. The van der Waals surface area contributed by atoms with Gasteiger partial charge >= 0.3 is 0 Å². The van der Waals surface area contributed by atoms with Gasteiger partial charge in [0.05, 0.1) is 17.8 Å². The highest BCUT2D eigenvalue weighted by molar-refractivity contribution is 7.19. The van der Waals surface area contributed by atoms with Crippen molar-refractivity contribution >= 4 is 27.6 Å². The number of carbonyl (C=O) groups is 1. The Morgan fingerprint density at radius 2 is 1.88 bits per heavy atom. The highest BCUT2D eigenvalue weighted by Gasteiger charge is 2.30. The summed E-state index contributed by atoms with van der Waals surface area (Å²) in [4.78, 5) is 26.7. The molecule has 3 N–H and O–H groups in total. The van der Waals surface area contributed by atoms with Crippen molar-refractivity contribution < 1.29 is 9.90 Å². The molecule has 1 aliphatic heterocycles. The third-order valence-electron chi connectivity index (χ3n) is 9.49. The average molecular weight is 601 g/mol. The molecule has 0 spiro atoms. The summed E-state index contributed by atoms with van der Waals surface area (Å²) in [5.41, 5.74) is 8.84. The molecule has 1 unspecified atom stereocenters. The highest BCUT2D eigenvalue weighted by atomic mass is 32.1. The molecule has 4 heterocycles. The SMILES string of the molecule is Cc1n[nH]c(C)c1-c1ccc(C(CCN2CCC(O)CC2)NC(=O)c2nc3cc4c(nc3s2)CC[C@H](C(C)(C)C)C4)cc1. The number of nitrogens with zero attached hydrogens (tertiary/aromatic N) is 4. The van der Waals surface area contributed by atoms with Crippen molar-refractivity contribution in [3.8, 4) is 11.1 Å². The molecule has 43 heavy (non-hydrogen) atoms. The normalized spacial score (nSPS) is 19.0. The number of likely N-dealkylation sites (tertiary alicyclic amines) is 1. The molecule has 1 amide bonds. The molecular formula is C34H44N6O2S. The lowest BCUT2D eigenvalue weighted by Gasteiger charge is -2.34. The summed E-state index contributed by atoms with van der Waals surface area (Å²) < 4.78 is 0. The molecule has 1 fully saturated rings. The Bertz CT molecular complexity index is 1570. The number of benzene rings is 1. The summed E-state index contributed by atoms with van der Waals surface area (Å²) >= 11 is 1.39. The van der Waals surface area contributed by atoms with Crippen LogP contribution >= 0.6 is 11.3 Å². The predicted molar refractivity (Wildman–Crippen MR) is 172 cm³/mol. The molecular weight excluding hydrogens is 556 g/mol. The Kier molecular flexibility index (Phi) is 8.41. The number of hydrogen-bond acceptors (Lipinski definition) is 7. The highest BCUT2D eigenvalue weighted by Crippen LogP contribution is 2.38. The molecule has 228 valence electrons. The van der Waals surface area contributed by atoms with Crippen LogP contribution in [-0.4, -0.2) is 61.8 Å². The van der Waals surface area contributed by atoms with Crippen molar-refractivity contribution in [3.05, 3.63) is 63.5 Å². The number of thiazole rings is 1. The van der Waals surface area contributed by atoms with Crippen LogP contribution in [0.1, 0.15) is 90.5 Å². The molecule has 6 rings (SSSR count). The Morgan fingerprint density at radius 3 is 2.56 bits per heavy atom. The van der Waals surface area contributed by atoms with Crippen molar-refractivity contribution in [1.29, 1.82) is 0 Å². The number of rotatable bonds is 7. The number of amides is 1. The fourth-order valence-corrected chi connectivity index (χ4v) is 7.55. The molecule has 8 nitrogen and oxygen atoms in total. The van der Waals surface area contributed by atoms with Gasteiger partial charge in [-0.25, -0.2) is 9.97 Å². The van der Waals surface area contributed by atoms with E-state index in [0.29, 0.717) is 10.9 Å². The van der Waals surface area contributed by atoms with E-state index in [1.165, 1.54) is 16.9 Å². The van der Waals surface area contributed by atoms with Crippen molar-refractivity contribution in [3.63, 3.8) is 0 Å². The van der Waals surface area contributed by atoms with Crippen LogP contribution in [0.5, 0.6) is 0 Å². The first-order chi connectivity index (χ1) is 20.5. The first kappa shape index (κ1) is 29.9. The van der Waals surface area contributed by atoms with Gasteiger partial charge in [-0.05, 0) is 86.5 Å². The molecule has 2 aliphatic rings. The summed E-state index contributed by atoms with van der Waals surface area (Å²) in [6.45, 7) is 13.6. The second-order valence-corrected chi connectivity index (χ2v) is 14.5. The summed E-state index contributed by atoms with van der Waals surface area (Å²) in [5.74, 6) is 0.468. The first-order valence-corrected chi connectivity index (χ1v) is 16.5. The van der Waals surface area contributed by atoms with Crippen molar-refractivity contribution in [2.45, 2.75) is 85.3 Å². The number of carbonyl (C=O) groups excluding carboxylic acids is 1. The van der Waals surface area contributed by atoms with Crippen LogP contribution in [0.2, 0.25) is 0 Å². The van der Waals surface area contributed by atoms with Crippen molar-refractivity contribution in [2.24, 2.45) is 11.3 Å². The van der Waals surface area contributed by atoms with Gasteiger partial charge in [-0.2, -0.15) is 5.10 Å². The molecule has 0 saturated carbocycles. The second-order valence-electron chi connectivity index (χ2n) is 13.6. The summed E-state index contributed by atoms with van der Waals surface area (Å²) in [7, 11) is 0.